The Morgan fingerprint density at radius 1 is 1.44 bits per heavy atom. The third-order valence-corrected chi connectivity index (χ3v) is 2.38. The molecule has 0 spiro atoms. The highest BCUT2D eigenvalue weighted by Gasteiger charge is 2.15. The van der Waals surface area contributed by atoms with Crippen LogP contribution >= 0.6 is 11.6 Å². The Bertz CT molecular complexity index is 381. The first-order valence-corrected chi connectivity index (χ1v) is 5.48. The molecule has 0 radical (unpaired) electrons. The van der Waals surface area contributed by atoms with Crippen LogP contribution in [0.15, 0.2) is 36.6 Å². The van der Waals surface area contributed by atoms with E-state index in [1.54, 1.807) is 6.92 Å². The van der Waals surface area contributed by atoms with E-state index in [-0.39, 0.29) is 11.9 Å². The average molecular weight is 239 g/mol. The zero-order valence-corrected chi connectivity index (χ0v) is 10.3. The van der Waals surface area contributed by atoms with Gasteiger partial charge in [-0.2, -0.15) is 0 Å². The molecular formula is C13H15ClO2. The molecule has 0 heterocycles. The lowest BCUT2D eigenvalue weighted by Gasteiger charge is -2.10. The molecule has 1 unspecified atom stereocenters. The second kappa shape index (κ2) is 5.71. The van der Waals surface area contributed by atoms with Gasteiger partial charge in [-0.15, -0.1) is 0 Å². The van der Waals surface area contributed by atoms with Gasteiger partial charge >= 0.3 is 5.97 Å². The molecule has 2 nitrogen and oxygen atoms in total. The highest BCUT2D eigenvalue weighted by Crippen LogP contribution is 2.14. The van der Waals surface area contributed by atoms with Gasteiger partial charge in [-0.3, -0.25) is 4.79 Å². The molecule has 1 aromatic rings. The lowest BCUT2D eigenvalue weighted by molar-refractivity contribution is -0.143. The van der Waals surface area contributed by atoms with Crippen LogP contribution in [0, 0.1) is 5.92 Å². The van der Waals surface area contributed by atoms with Crippen molar-refractivity contribution in [1.29, 1.82) is 0 Å². The third kappa shape index (κ3) is 4.07. The molecule has 0 saturated heterocycles. The van der Waals surface area contributed by atoms with Crippen LogP contribution in [0.5, 0.6) is 0 Å². The van der Waals surface area contributed by atoms with Crippen LogP contribution in [0.25, 0.3) is 0 Å². The molecule has 0 fully saturated rings. The summed E-state index contributed by atoms with van der Waals surface area (Å²) in [6.45, 7) is 7.03. The van der Waals surface area contributed by atoms with Crippen molar-refractivity contribution in [2.24, 2.45) is 5.92 Å². The molecule has 1 atom stereocenters. The molecular weight excluding hydrogens is 224 g/mol. The van der Waals surface area contributed by atoms with Crippen LogP contribution in [-0.2, 0) is 16.0 Å². The highest BCUT2D eigenvalue weighted by atomic mass is 35.5. The van der Waals surface area contributed by atoms with Crippen LogP contribution in [0.4, 0.5) is 0 Å². The van der Waals surface area contributed by atoms with Crippen molar-refractivity contribution < 1.29 is 9.53 Å². The maximum absolute atomic E-state index is 11.5. The zero-order valence-electron chi connectivity index (χ0n) is 9.50. The molecule has 0 bridgehead atoms. The Hall–Kier alpha value is -1.28. The Morgan fingerprint density at radius 2 is 2.00 bits per heavy atom. The molecule has 0 aliphatic heterocycles. The lowest BCUT2D eigenvalue weighted by atomic mass is 10.0. The van der Waals surface area contributed by atoms with E-state index in [0.29, 0.717) is 17.2 Å². The quantitative estimate of drug-likeness (QED) is 0.592. The number of carbonyl (C=O) groups is 1. The van der Waals surface area contributed by atoms with Gasteiger partial charge in [0.1, 0.15) is 0 Å². The van der Waals surface area contributed by atoms with Crippen LogP contribution in [0.2, 0.25) is 5.02 Å². The van der Waals surface area contributed by atoms with E-state index in [9.17, 15) is 4.79 Å². The first-order valence-electron chi connectivity index (χ1n) is 5.10. The Morgan fingerprint density at radius 3 is 2.50 bits per heavy atom. The fraction of sp³-hybridized carbons (Fsp3) is 0.308. The van der Waals surface area contributed by atoms with E-state index in [1.165, 1.54) is 0 Å². The van der Waals surface area contributed by atoms with E-state index < -0.39 is 0 Å². The number of benzene rings is 1. The SMILES string of the molecule is C=C(C)OC(=O)C(C)Cc1ccc(Cl)cc1. The molecule has 1 rings (SSSR count). The number of ether oxygens (including phenoxy) is 1. The van der Waals surface area contributed by atoms with Crippen LogP contribution in [0.3, 0.4) is 0 Å². The van der Waals surface area contributed by atoms with E-state index >= 15 is 0 Å². The topological polar surface area (TPSA) is 26.3 Å². The van der Waals surface area contributed by atoms with Crippen LogP contribution < -0.4 is 0 Å². The van der Waals surface area contributed by atoms with E-state index in [2.05, 4.69) is 6.58 Å². The first kappa shape index (κ1) is 12.8. The summed E-state index contributed by atoms with van der Waals surface area (Å²) in [6, 6.07) is 7.45. The third-order valence-electron chi connectivity index (χ3n) is 2.13. The maximum Gasteiger partial charge on any atom is 0.314 e. The predicted octanol–water partition coefficient (Wildman–Crippen LogP) is 3.60. The Balaban J connectivity index is 2.57. The largest absolute Gasteiger partial charge is 0.432 e. The fourth-order valence-corrected chi connectivity index (χ4v) is 1.46. The number of carbonyl (C=O) groups excluding carboxylic acids is 1. The van der Waals surface area contributed by atoms with Gasteiger partial charge in [0.2, 0.25) is 0 Å². The fourth-order valence-electron chi connectivity index (χ4n) is 1.33. The number of halogens is 1. The van der Waals surface area contributed by atoms with Crippen molar-refractivity contribution in [3.05, 3.63) is 47.2 Å². The van der Waals surface area contributed by atoms with Gasteiger partial charge < -0.3 is 4.74 Å². The normalized spacial score (nSPS) is 11.9. The summed E-state index contributed by atoms with van der Waals surface area (Å²) in [4.78, 5) is 11.5. The molecule has 16 heavy (non-hydrogen) atoms. The second-order valence-corrected chi connectivity index (χ2v) is 4.29. The second-order valence-electron chi connectivity index (χ2n) is 3.85. The molecule has 0 aliphatic rings. The van der Waals surface area contributed by atoms with E-state index in [4.69, 9.17) is 16.3 Å². The van der Waals surface area contributed by atoms with E-state index in [0.717, 1.165) is 5.56 Å². The van der Waals surface area contributed by atoms with Gasteiger partial charge in [0.25, 0.3) is 0 Å². The summed E-state index contributed by atoms with van der Waals surface area (Å²) in [5.41, 5.74) is 1.07. The lowest BCUT2D eigenvalue weighted by Crippen LogP contribution is -2.16. The summed E-state index contributed by atoms with van der Waals surface area (Å²) in [7, 11) is 0. The molecule has 0 amide bonds. The van der Waals surface area contributed by atoms with Gasteiger partial charge in [-0.1, -0.05) is 37.2 Å². The van der Waals surface area contributed by atoms with Crippen molar-refractivity contribution in [3.8, 4) is 0 Å². The van der Waals surface area contributed by atoms with E-state index in [1.807, 2.05) is 31.2 Å². The summed E-state index contributed by atoms with van der Waals surface area (Å²) in [5.74, 6) is -0.00622. The van der Waals surface area contributed by atoms with Gasteiger partial charge in [-0.05, 0) is 31.0 Å². The minimum atomic E-state index is -0.248. The molecule has 1 aromatic carbocycles. The summed E-state index contributed by atoms with van der Waals surface area (Å²) >= 11 is 5.78. The number of rotatable bonds is 4. The molecule has 86 valence electrons. The summed E-state index contributed by atoms with van der Waals surface area (Å²) < 4.78 is 4.95. The molecule has 0 aliphatic carbocycles. The van der Waals surface area contributed by atoms with Crippen molar-refractivity contribution in [1.82, 2.24) is 0 Å². The summed E-state index contributed by atoms with van der Waals surface area (Å²) in [6.07, 6.45) is 0.642. The monoisotopic (exact) mass is 238 g/mol. The average Bonchev–Trinajstić information content (AvgIpc) is 2.20. The number of hydrogen-bond acceptors (Lipinski definition) is 2. The van der Waals surface area contributed by atoms with Crippen LogP contribution in [0.1, 0.15) is 19.4 Å². The van der Waals surface area contributed by atoms with Gasteiger partial charge in [0.05, 0.1) is 11.7 Å². The summed E-state index contributed by atoms with van der Waals surface area (Å²) in [5, 5.41) is 0.695. The molecule has 3 heteroatoms. The Kier molecular flexibility index (Phi) is 4.56. The standard InChI is InChI=1S/C13H15ClO2/c1-9(2)16-13(15)10(3)8-11-4-6-12(14)7-5-11/h4-7,10H,1,8H2,2-3H3. The van der Waals surface area contributed by atoms with Gasteiger partial charge in [0, 0.05) is 5.02 Å². The van der Waals surface area contributed by atoms with Gasteiger partial charge in [-0.25, -0.2) is 0 Å². The smallest absolute Gasteiger partial charge is 0.314 e. The van der Waals surface area contributed by atoms with Crippen molar-refractivity contribution in [2.75, 3.05) is 0 Å². The minimum Gasteiger partial charge on any atom is -0.432 e. The molecule has 0 N–H and O–H groups in total. The van der Waals surface area contributed by atoms with Gasteiger partial charge in [0.15, 0.2) is 0 Å². The molecule has 0 aromatic heterocycles. The molecule has 0 saturated carbocycles. The first-order chi connectivity index (χ1) is 7.49. The predicted molar refractivity (Wildman–Crippen MR) is 65.2 cm³/mol. The van der Waals surface area contributed by atoms with Crippen molar-refractivity contribution >= 4 is 17.6 Å². The number of allylic oxidation sites excluding steroid dienone is 1. The Labute approximate surface area is 101 Å². The number of hydrogen-bond donors (Lipinski definition) is 0. The number of esters is 1. The zero-order chi connectivity index (χ0) is 12.1. The van der Waals surface area contributed by atoms with Crippen molar-refractivity contribution in [3.63, 3.8) is 0 Å². The minimum absolute atomic E-state index is 0.183. The van der Waals surface area contributed by atoms with Crippen molar-refractivity contribution in [2.45, 2.75) is 20.3 Å². The highest BCUT2D eigenvalue weighted by molar-refractivity contribution is 6.30. The van der Waals surface area contributed by atoms with Crippen LogP contribution in [-0.4, -0.2) is 5.97 Å². The maximum atomic E-state index is 11.5.